The second-order valence-corrected chi connectivity index (χ2v) is 38.1. The van der Waals surface area contributed by atoms with Gasteiger partial charge in [-0.25, -0.2) is 0 Å². The molecule has 0 aliphatic carbocycles. The summed E-state index contributed by atoms with van der Waals surface area (Å²) in [5, 5.41) is 63.4. The van der Waals surface area contributed by atoms with Gasteiger partial charge in [0.2, 0.25) is 0 Å². The molecule has 5 unspecified atom stereocenters. The number of likely N-dealkylation sites (tertiary alicyclic amines) is 5. The van der Waals surface area contributed by atoms with E-state index in [4.69, 9.17) is 4.42 Å². The van der Waals surface area contributed by atoms with Crippen molar-refractivity contribution < 1.29 is 53.9 Å². The minimum Gasteiger partial charge on any atom is -0.458 e. The molecule has 17 rings (SSSR count). The first kappa shape index (κ1) is 97.7. The van der Waals surface area contributed by atoms with Crippen LogP contribution < -0.4 is 0 Å². The minimum atomic E-state index is -1.21. The number of rotatable bonds is 20. The summed E-state index contributed by atoms with van der Waals surface area (Å²) in [7, 11) is 10.6. The van der Waals surface area contributed by atoms with Crippen LogP contribution in [0, 0.1) is 57.3 Å². The summed E-state index contributed by atoms with van der Waals surface area (Å²) in [5.74, 6) is 1.43. The summed E-state index contributed by atoms with van der Waals surface area (Å²) < 4.78 is 6.11. The Morgan fingerprint density at radius 3 is 0.840 bits per heavy atom. The number of hydrogen-bond donors (Lipinski definition) is 5. The third-order valence-electron chi connectivity index (χ3n) is 29.1. The van der Waals surface area contributed by atoms with Crippen molar-refractivity contribution in [1.82, 2.24) is 24.5 Å². The molecule has 1 aromatic heterocycles. The van der Waals surface area contributed by atoms with Gasteiger partial charge >= 0.3 is 0 Å². The fourth-order valence-corrected chi connectivity index (χ4v) is 20.7. The van der Waals surface area contributed by atoms with Crippen LogP contribution in [0.3, 0.4) is 0 Å². The number of aliphatic hydroxyl groups is 5. The fraction of sp³-hybridized carbons (Fsp3) is 0.383. The Hall–Kier alpha value is -10.8. The molecule has 5 fully saturated rings. The smallest absolute Gasteiger partial charge is 0.159 e. The van der Waals surface area contributed by atoms with Gasteiger partial charge in [0.15, 0.2) is 28.9 Å². The molecule has 0 bridgehead atoms. The number of ketones is 5. The van der Waals surface area contributed by atoms with Crippen molar-refractivity contribution >= 4 is 50.7 Å². The lowest BCUT2D eigenvalue weighted by molar-refractivity contribution is -0.0262. The molecule has 0 saturated carbocycles. The van der Waals surface area contributed by atoms with Crippen molar-refractivity contribution in [1.29, 1.82) is 0 Å². The lowest BCUT2D eigenvalue weighted by Gasteiger charge is -2.43. The molecule has 5 saturated heterocycles. The highest BCUT2D eigenvalue weighted by Crippen LogP contribution is 2.50. The van der Waals surface area contributed by atoms with Crippen LogP contribution in [-0.2, 0) is 28.0 Å². The van der Waals surface area contributed by atoms with Crippen molar-refractivity contribution in [3.8, 4) is 0 Å². The number of para-hydroxylation sites is 1. The monoisotopic (exact) mass is 1760 g/mol. The van der Waals surface area contributed by atoms with Gasteiger partial charge in [-0.1, -0.05) is 260 Å². The molecule has 0 spiro atoms. The van der Waals surface area contributed by atoms with E-state index in [1.54, 1.807) is 46.8 Å². The normalized spacial score (nSPS) is 18.5. The Morgan fingerprint density at radius 1 is 0.275 bits per heavy atom. The zero-order valence-corrected chi connectivity index (χ0v) is 79.3. The summed E-state index contributed by atoms with van der Waals surface area (Å²) in [6.07, 6.45) is 9.37. The predicted molar refractivity (Wildman–Crippen MR) is 527 cm³/mol. The standard InChI is InChI=1S/C25H27NO2.C23H25NO3.C23H29NO2.2C22H27NO2/c1-18(27)19-10-12-21(13-11-19)25(28,22-14-16-26(2)17-15-22)24-9-5-7-20-6-3-4-8-23(20)24;1-16(25)17-7-9-19(10-8-17)23(26,20-11-13-24(2)14-12-20)22-15-18-5-3-4-6-21(18)27-22;1-16-6-5-7-17(2)22(16)23(26,21-12-14-24(4)15-13-21)20-10-8-19(9-11-20)18(3)25;2*1-16-4-8-19(9-5-16)22(25,21-12-14-23(3)15-13-21)20-10-6-18(7-11-20)17(2)24/h3-13,22,28H,14-17H2,1-2H3;3-10,15,20,26H,11-14H2,1-2H3;5-11,21,26H,12-15H2,1-4H3;2*4-11,21,25H,12-15H2,1-3H3. The summed E-state index contributed by atoms with van der Waals surface area (Å²) in [5.41, 5.74) is 11.5. The third kappa shape index (κ3) is 21.9. The lowest BCUT2D eigenvalue weighted by Crippen LogP contribution is -2.44. The van der Waals surface area contributed by atoms with Crippen molar-refractivity contribution in [2.75, 3.05) is 101 Å². The summed E-state index contributed by atoms with van der Waals surface area (Å²) >= 11 is 0. The van der Waals surface area contributed by atoms with E-state index < -0.39 is 28.0 Å². The molecule has 16 nitrogen and oxygen atoms in total. The second kappa shape index (κ2) is 42.8. The molecule has 5 aliphatic heterocycles. The average molecular weight is 1760 g/mol. The zero-order chi connectivity index (χ0) is 93.7. The number of Topliss-reactive ketones (excluding diaryl/α,β-unsaturated/α-hetero) is 5. The van der Waals surface area contributed by atoms with Crippen molar-refractivity contribution in [3.63, 3.8) is 0 Å². The van der Waals surface area contributed by atoms with Crippen molar-refractivity contribution in [3.05, 3.63) is 367 Å². The first-order chi connectivity index (χ1) is 62.6. The highest BCUT2D eigenvalue weighted by atomic mass is 16.4. The number of fused-ring (bicyclic) bond motifs is 2. The molecular weight excluding hydrogens is 1630 g/mol. The quantitative estimate of drug-likeness (QED) is 0.0449. The van der Waals surface area contributed by atoms with Gasteiger partial charge in [0.25, 0.3) is 0 Å². The number of benzene rings is 11. The molecule has 5 aliphatic rings. The first-order valence-electron chi connectivity index (χ1n) is 46.9. The Kier molecular flexibility index (Phi) is 31.9. The van der Waals surface area contributed by atoms with Crippen LogP contribution in [0.4, 0.5) is 0 Å². The maximum atomic E-state index is 12.3. The lowest BCUT2D eigenvalue weighted by atomic mass is 9.69. The topological polar surface area (TPSA) is 216 Å². The van der Waals surface area contributed by atoms with Crippen molar-refractivity contribution in [2.24, 2.45) is 29.6 Å². The molecule has 11 aromatic carbocycles. The zero-order valence-electron chi connectivity index (χ0n) is 79.3. The van der Waals surface area contributed by atoms with Crippen LogP contribution >= 0.6 is 0 Å². The number of piperidine rings is 5. The van der Waals surface area contributed by atoms with Gasteiger partial charge in [-0.2, -0.15) is 0 Å². The predicted octanol–water partition coefficient (Wildman–Crippen LogP) is 20.5. The van der Waals surface area contributed by atoms with Crippen LogP contribution in [0.15, 0.2) is 265 Å². The van der Waals surface area contributed by atoms with E-state index >= 15 is 0 Å². The summed E-state index contributed by atoms with van der Waals surface area (Å²) in [6.45, 7) is 25.9. The van der Waals surface area contributed by atoms with Gasteiger partial charge in [0.05, 0.1) is 0 Å². The maximum absolute atomic E-state index is 12.3. The molecule has 0 amide bonds. The summed E-state index contributed by atoms with van der Waals surface area (Å²) in [6, 6.07) is 84.1. The molecule has 686 valence electrons. The largest absolute Gasteiger partial charge is 0.458 e. The van der Waals surface area contributed by atoms with E-state index in [1.807, 2.05) is 188 Å². The number of nitrogens with zero attached hydrogens (tertiary/aromatic N) is 5. The van der Waals surface area contributed by atoms with E-state index in [1.165, 1.54) is 11.1 Å². The van der Waals surface area contributed by atoms with Gasteiger partial charge in [0, 0.05) is 39.1 Å². The van der Waals surface area contributed by atoms with E-state index in [0.29, 0.717) is 33.6 Å². The van der Waals surface area contributed by atoms with Crippen molar-refractivity contribution in [2.45, 2.75) is 155 Å². The molecule has 5 atom stereocenters. The highest BCUT2D eigenvalue weighted by Gasteiger charge is 2.48. The minimum absolute atomic E-state index is 0.0214. The van der Waals surface area contributed by atoms with Crippen LogP contribution in [-0.4, -0.2) is 180 Å². The number of furan rings is 1. The number of carbonyl (C=O) groups is 5. The second-order valence-electron chi connectivity index (χ2n) is 38.1. The molecule has 12 aromatic rings. The molecule has 5 N–H and O–H groups in total. The van der Waals surface area contributed by atoms with Crippen LogP contribution in [0.25, 0.3) is 21.7 Å². The number of hydrogen-bond acceptors (Lipinski definition) is 16. The Morgan fingerprint density at radius 2 is 0.519 bits per heavy atom. The van der Waals surface area contributed by atoms with Gasteiger partial charge < -0.3 is 54.4 Å². The Bertz CT molecular complexity index is 5670. The average Bonchev–Trinajstić information content (AvgIpc) is 1.12. The maximum Gasteiger partial charge on any atom is 0.159 e. The van der Waals surface area contributed by atoms with Crippen LogP contribution in [0.1, 0.15) is 229 Å². The highest BCUT2D eigenvalue weighted by molar-refractivity contribution is 5.96. The molecule has 6 heterocycles. The molecule has 131 heavy (non-hydrogen) atoms. The van der Waals surface area contributed by atoms with Gasteiger partial charge in [-0.05, 0) is 335 Å². The van der Waals surface area contributed by atoms with Crippen LogP contribution in [0.5, 0.6) is 0 Å². The number of aryl methyl sites for hydroxylation is 4. The van der Waals surface area contributed by atoms with Crippen LogP contribution in [0.2, 0.25) is 0 Å². The van der Waals surface area contributed by atoms with E-state index in [2.05, 4.69) is 148 Å². The van der Waals surface area contributed by atoms with E-state index in [-0.39, 0.29) is 58.5 Å². The number of carbonyl (C=O) groups excluding carboxylic acids is 5. The third-order valence-corrected chi connectivity index (χ3v) is 29.1. The molecule has 16 heteroatoms. The Labute approximate surface area is 776 Å². The SMILES string of the molecule is CC(=O)c1ccc(C(O)(c2c(C)cccc2C)C2CCN(C)CC2)cc1.CC(=O)c1ccc(C(O)(c2cc3ccccc3o2)C2CCN(C)CC2)cc1.CC(=O)c1ccc(C(O)(c2ccc(C)cc2)C2CCN(C)CC2)cc1.CC(=O)c1ccc(C(O)(c2ccc(C)cc2)C2CCN(C)CC2)cc1.CC(=O)c1ccc(C(O)(c2cccc3ccccc23)C2CCN(C)CC2)cc1. The molecule has 0 radical (unpaired) electrons. The van der Waals surface area contributed by atoms with Gasteiger partial charge in [-0.3, -0.25) is 24.0 Å². The van der Waals surface area contributed by atoms with E-state index in [0.717, 1.165) is 213 Å². The first-order valence-corrected chi connectivity index (χ1v) is 46.9. The summed E-state index contributed by atoms with van der Waals surface area (Å²) in [4.78, 5) is 69.7. The Balaban J connectivity index is 0.000000139. The van der Waals surface area contributed by atoms with E-state index in [9.17, 15) is 49.5 Å². The fourth-order valence-electron chi connectivity index (χ4n) is 20.7. The van der Waals surface area contributed by atoms with Gasteiger partial charge in [-0.15, -0.1) is 0 Å². The molecular formula is C115H135N5O11. The van der Waals surface area contributed by atoms with Gasteiger partial charge in [0.1, 0.15) is 39.3 Å².